The first-order valence-electron chi connectivity index (χ1n) is 8.65. The fourth-order valence-corrected chi connectivity index (χ4v) is 2.42. The Morgan fingerprint density at radius 2 is 1.96 bits per heavy atom. The van der Waals surface area contributed by atoms with Crippen LogP contribution in [0.3, 0.4) is 0 Å². The van der Waals surface area contributed by atoms with Crippen LogP contribution in [0.25, 0.3) is 17.8 Å². The molecule has 0 spiro atoms. The highest BCUT2D eigenvalue weighted by molar-refractivity contribution is 5.98. The molecule has 0 fully saturated rings. The van der Waals surface area contributed by atoms with E-state index in [1.165, 1.54) is 0 Å². The molecule has 2 N–H and O–H groups in total. The van der Waals surface area contributed by atoms with Gasteiger partial charge in [-0.1, -0.05) is 30.4 Å². The Labute approximate surface area is 158 Å². The molecule has 1 amide bonds. The number of hydrogen-bond donors (Lipinski definition) is 2. The van der Waals surface area contributed by atoms with Gasteiger partial charge in [0.15, 0.2) is 0 Å². The smallest absolute Gasteiger partial charge is 0.259 e. The lowest BCUT2D eigenvalue weighted by Gasteiger charge is -2.07. The van der Waals surface area contributed by atoms with E-state index >= 15 is 0 Å². The molecule has 0 saturated heterocycles. The minimum Gasteiger partial charge on any atom is -0.322 e. The minimum atomic E-state index is -0.233. The van der Waals surface area contributed by atoms with Crippen molar-refractivity contribution in [2.24, 2.45) is 0 Å². The van der Waals surface area contributed by atoms with E-state index in [0.29, 0.717) is 17.0 Å². The maximum Gasteiger partial charge on any atom is 0.259 e. The molecule has 0 atom stereocenters. The number of hydrogen-bond acceptors (Lipinski definition) is 4. The Bertz CT molecular complexity index is 910. The summed E-state index contributed by atoms with van der Waals surface area (Å²) < 4.78 is 1.67. The molecule has 140 valence electrons. The van der Waals surface area contributed by atoms with Crippen LogP contribution in [0.5, 0.6) is 0 Å². The molecule has 27 heavy (non-hydrogen) atoms. The molecule has 2 heterocycles. The van der Waals surface area contributed by atoms with Crippen LogP contribution in [0.2, 0.25) is 0 Å². The Hall–Kier alpha value is -3.48. The van der Waals surface area contributed by atoms with E-state index in [0.717, 1.165) is 11.3 Å². The van der Waals surface area contributed by atoms with Crippen LogP contribution in [-0.2, 0) is 0 Å². The maximum atomic E-state index is 12.8. The number of allylic oxidation sites excluding steroid dienone is 7. The lowest BCUT2D eigenvalue weighted by Crippen LogP contribution is -2.22. The van der Waals surface area contributed by atoms with Gasteiger partial charge in [-0.05, 0) is 39.8 Å². The summed E-state index contributed by atoms with van der Waals surface area (Å²) in [6.07, 6.45) is 18.1. The van der Waals surface area contributed by atoms with E-state index in [-0.39, 0.29) is 5.91 Å². The van der Waals surface area contributed by atoms with Crippen molar-refractivity contribution >= 4 is 23.8 Å². The monoisotopic (exact) mass is 364 g/mol. The number of aromatic nitrogens is 5. The third-order valence-corrected chi connectivity index (χ3v) is 3.63. The summed E-state index contributed by atoms with van der Waals surface area (Å²) in [5.74, 6) is -0.233. The Morgan fingerprint density at radius 1 is 1.15 bits per heavy atom. The van der Waals surface area contributed by atoms with E-state index in [9.17, 15) is 4.79 Å². The molecule has 7 heteroatoms. The lowest BCUT2D eigenvalue weighted by atomic mass is 10.1. The standard InChI is InChI=1S/C20H24N6O/c1-5-9-15(18-14-21-25-24-18)12-16(8-4)23-20(27)17-13-22-26(11-7-3)19(17)10-6-2/h5-14H,1-4H3,(H,23,27)(H,21,24,25)/b9-5-,10-6-,11-7-,15-12+,16-8+. The third kappa shape index (κ3) is 5.01. The Kier molecular flexibility index (Phi) is 7.25. The fourth-order valence-electron chi connectivity index (χ4n) is 2.42. The summed E-state index contributed by atoms with van der Waals surface area (Å²) in [6.45, 7) is 7.57. The third-order valence-electron chi connectivity index (χ3n) is 3.63. The van der Waals surface area contributed by atoms with E-state index in [1.54, 1.807) is 23.3 Å². The highest BCUT2D eigenvalue weighted by atomic mass is 16.1. The second kappa shape index (κ2) is 9.86. The zero-order valence-corrected chi connectivity index (χ0v) is 16.0. The summed E-state index contributed by atoms with van der Waals surface area (Å²) in [7, 11) is 0. The van der Waals surface area contributed by atoms with Crippen molar-refractivity contribution in [2.75, 3.05) is 0 Å². The highest BCUT2D eigenvalue weighted by Crippen LogP contribution is 2.16. The summed E-state index contributed by atoms with van der Waals surface area (Å²) in [5, 5.41) is 17.7. The molecular weight excluding hydrogens is 340 g/mol. The molecule has 0 radical (unpaired) electrons. The van der Waals surface area contributed by atoms with Gasteiger partial charge in [0.05, 0.1) is 23.7 Å². The zero-order chi connectivity index (χ0) is 19.6. The van der Waals surface area contributed by atoms with Crippen molar-refractivity contribution in [1.29, 1.82) is 0 Å². The van der Waals surface area contributed by atoms with Crippen molar-refractivity contribution in [1.82, 2.24) is 30.5 Å². The molecule has 0 aliphatic rings. The SMILES string of the molecule is C\C=C/C(=C\C(=C/C)NC(=O)c1cnn(/C=C\C)c1/C=C\C)c1cn[nH]n1. The van der Waals surface area contributed by atoms with E-state index in [1.807, 2.05) is 70.2 Å². The highest BCUT2D eigenvalue weighted by Gasteiger charge is 2.15. The van der Waals surface area contributed by atoms with Crippen LogP contribution in [0.15, 0.2) is 54.5 Å². The first-order valence-corrected chi connectivity index (χ1v) is 8.65. The molecule has 2 aromatic rings. The minimum absolute atomic E-state index is 0.233. The van der Waals surface area contributed by atoms with Crippen LogP contribution in [0.1, 0.15) is 49.4 Å². The van der Waals surface area contributed by atoms with Gasteiger partial charge in [0.1, 0.15) is 5.69 Å². The Balaban J connectivity index is 2.31. The molecule has 0 unspecified atom stereocenters. The van der Waals surface area contributed by atoms with E-state index in [4.69, 9.17) is 0 Å². The number of carbonyl (C=O) groups excluding carboxylic acids is 1. The van der Waals surface area contributed by atoms with E-state index < -0.39 is 0 Å². The predicted molar refractivity (Wildman–Crippen MR) is 108 cm³/mol. The number of H-pyrrole nitrogens is 1. The van der Waals surface area contributed by atoms with Crippen molar-refractivity contribution < 1.29 is 4.79 Å². The summed E-state index contributed by atoms with van der Waals surface area (Å²) in [6, 6.07) is 0. The van der Waals surface area contributed by atoms with Crippen LogP contribution < -0.4 is 5.32 Å². The first-order chi connectivity index (χ1) is 13.1. The largest absolute Gasteiger partial charge is 0.322 e. The number of rotatable bonds is 7. The molecule has 0 aliphatic heterocycles. The van der Waals surface area contributed by atoms with Crippen molar-refractivity contribution in [2.45, 2.75) is 27.7 Å². The predicted octanol–water partition coefficient (Wildman–Crippen LogP) is 3.82. The molecule has 0 aliphatic carbocycles. The summed E-state index contributed by atoms with van der Waals surface area (Å²) >= 11 is 0. The van der Waals surface area contributed by atoms with Gasteiger partial charge in [0, 0.05) is 17.5 Å². The average molecular weight is 364 g/mol. The number of aromatic amines is 1. The average Bonchev–Trinajstić information content (AvgIpc) is 3.32. The topological polar surface area (TPSA) is 88.5 Å². The van der Waals surface area contributed by atoms with Gasteiger partial charge < -0.3 is 5.32 Å². The van der Waals surface area contributed by atoms with E-state index in [2.05, 4.69) is 25.8 Å². The van der Waals surface area contributed by atoms with Gasteiger partial charge in [0.25, 0.3) is 5.91 Å². The normalized spacial score (nSPS) is 13.3. The van der Waals surface area contributed by atoms with Crippen LogP contribution in [-0.4, -0.2) is 31.1 Å². The maximum absolute atomic E-state index is 12.8. The number of amides is 1. The number of nitrogens with zero attached hydrogens (tertiary/aromatic N) is 4. The number of carbonyl (C=O) groups is 1. The number of nitrogens with one attached hydrogen (secondary N) is 2. The van der Waals surface area contributed by atoms with Crippen molar-refractivity contribution in [3.63, 3.8) is 0 Å². The van der Waals surface area contributed by atoms with Crippen LogP contribution >= 0.6 is 0 Å². The summed E-state index contributed by atoms with van der Waals surface area (Å²) in [5.41, 5.74) is 3.39. The molecule has 7 nitrogen and oxygen atoms in total. The fraction of sp³-hybridized carbons (Fsp3) is 0.200. The van der Waals surface area contributed by atoms with Gasteiger partial charge in [-0.3, -0.25) is 4.79 Å². The molecule has 2 rings (SSSR count). The molecule has 0 saturated carbocycles. The first kappa shape index (κ1) is 19.8. The molecular formula is C20H24N6O. The second-order valence-corrected chi connectivity index (χ2v) is 5.52. The van der Waals surface area contributed by atoms with Crippen LogP contribution in [0.4, 0.5) is 0 Å². The molecule has 0 aromatic carbocycles. The van der Waals surface area contributed by atoms with Gasteiger partial charge in [-0.2, -0.15) is 20.5 Å². The van der Waals surface area contributed by atoms with Gasteiger partial charge >= 0.3 is 0 Å². The second-order valence-electron chi connectivity index (χ2n) is 5.52. The van der Waals surface area contributed by atoms with Gasteiger partial charge in [-0.15, -0.1) is 0 Å². The Morgan fingerprint density at radius 3 is 2.56 bits per heavy atom. The molecule has 2 aromatic heterocycles. The van der Waals surface area contributed by atoms with Crippen LogP contribution in [0, 0.1) is 0 Å². The van der Waals surface area contributed by atoms with Gasteiger partial charge in [-0.25, -0.2) is 4.68 Å². The van der Waals surface area contributed by atoms with Gasteiger partial charge in [0.2, 0.25) is 0 Å². The molecule has 0 bridgehead atoms. The zero-order valence-electron chi connectivity index (χ0n) is 16.0. The van der Waals surface area contributed by atoms with Crippen molar-refractivity contribution in [3.05, 3.63) is 71.5 Å². The summed E-state index contributed by atoms with van der Waals surface area (Å²) in [4.78, 5) is 12.8. The quantitative estimate of drug-likeness (QED) is 0.731. The lowest BCUT2D eigenvalue weighted by molar-refractivity contribution is 0.0967. The van der Waals surface area contributed by atoms with Crippen molar-refractivity contribution in [3.8, 4) is 0 Å².